The molecule has 1 aromatic rings. The molecule has 0 bridgehead atoms. The van der Waals surface area contributed by atoms with Crippen LogP contribution in [0.2, 0.25) is 0 Å². The normalized spacial score (nSPS) is 13.3. The molecule has 0 spiro atoms. The first-order chi connectivity index (χ1) is 9.60. The van der Waals surface area contributed by atoms with Gasteiger partial charge in [-0.25, -0.2) is 0 Å². The van der Waals surface area contributed by atoms with Crippen molar-refractivity contribution in [1.82, 2.24) is 5.32 Å². The molecule has 1 rings (SSSR count). The maximum atomic E-state index is 9.28. The summed E-state index contributed by atoms with van der Waals surface area (Å²) < 4.78 is 5.16. The van der Waals surface area contributed by atoms with Crippen molar-refractivity contribution in [2.75, 3.05) is 32.6 Å². The second kappa shape index (κ2) is 7.76. The molecule has 0 aromatic heterocycles. The van der Waals surface area contributed by atoms with Gasteiger partial charge in [-0.1, -0.05) is 6.92 Å². The van der Waals surface area contributed by atoms with E-state index in [1.165, 1.54) is 0 Å². The minimum atomic E-state index is -0.388. The standard InChI is InChI=1S/C16H25N3O/c1-5-16(13-17,18-2)11-6-12-19(3)14-7-9-15(20-4)10-8-14/h7-10,18H,5-6,11-12H2,1-4H3. The van der Waals surface area contributed by atoms with Crippen LogP contribution in [0.1, 0.15) is 26.2 Å². The van der Waals surface area contributed by atoms with Gasteiger partial charge in [0.2, 0.25) is 0 Å². The first-order valence-electron chi connectivity index (χ1n) is 7.06. The zero-order chi connectivity index (χ0) is 15.0. The Kier molecular flexibility index (Phi) is 6.33. The summed E-state index contributed by atoms with van der Waals surface area (Å²) in [5.74, 6) is 0.867. The number of nitrogens with one attached hydrogen (secondary N) is 1. The van der Waals surface area contributed by atoms with Crippen LogP contribution >= 0.6 is 0 Å². The van der Waals surface area contributed by atoms with E-state index in [0.717, 1.165) is 37.2 Å². The molecule has 0 heterocycles. The lowest BCUT2D eigenvalue weighted by Crippen LogP contribution is -2.41. The topological polar surface area (TPSA) is 48.3 Å². The number of nitrogens with zero attached hydrogens (tertiary/aromatic N) is 2. The van der Waals surface area contributed by atoms with Crippen molar-refractivity contribution in [1.29, 1.82) is 5.26 Å². The van der Waals surface area contributed by atoms with Crippen molar-refractivity contribution in [3.63, 3.8) is 0 Å². The molecule has 0 fully saturated rings. The molecule has 0 aliphatic heterocycles. The van der Waals surface area contributed by atoms with Gasteiger partial charge >= 0.3 is 0 Å². The van der Waals surface area contributed by atoms with Crippen molar-refractivity contribution in [3.05, 3.63) is 24.3 Å². The van der Waals surface area contributed by atoms with Gasteiger partial charge in [-0.15, -0.1) is 0 Å². The van der Waals surface area contributed by atoms with E-state index in [-0.39, 0.29) is 5.54 Å². The SMILES string of the molecule is CCC(C#N)(CCCN(C)c1ccc(OC)cc1)NC. The molecule has 0 aliphatic carbocycles. The van der Waals surface area contributed by atoms with Crippen LogP contribution in [0.4, 0.5) is 5.69 Å². The summed E-state index contributed by atoms with van der Waals surface area (Å²) in [5.41, 5.74) is 0.773. The average molecular weight is 275 g/mol. The molecule has 1 unspecified atom stereocenters. The Hall–Kier alpha value is -1.73. The van der Waals surface area contributed by atoms with Gasteiger partial charge in [0.05, 0.1) is 13.2 Å². The Labute approximate surface area is 122 Å². The van der Waals surface area contributed by atoms with Crippen molar-refractivity contribution >= 4 is 5.69 Å². The van der Waals surface area contributed by atoms with Gasteiger partial charge in [0.25, 0.3) is 0 Å². The number of hydrogen-bond acceptors (Lipinski definition) is 4. The van der Waals surface area contributed by atoms with Crippen LogP contribution in [0.25, 0.3) is 0 Å². The molecule has 1 N–H and O–H groups in total. The molecule has 1 aromatic carbocycles. The van der Waals surface area contributed by atoms with E-state index in [1.807, 2.05) is 38.2 Å². The predicted molar refractivity (Wildman–Crippen MR) is 83.2 cm³/mol. The van der Waals surface area contributed by atoms with E-state index in [0.29, 0.717) is 0 Å². The molecule has 0 amide bonds. The van der Waals surface area contributed by atoms with Crippen molar-refractivity contribution in [3.8, 4) is 11.8 Å². The van der Waals surface area contributed by atoms with E-state index >= 15 is 0 Å². The summed E-state index contributed by atoms with van der Waals surface area (Å²) in [4.78, 5) is 2.20. The van der Waals surface area contributed by atoms with E-state index in [2.05, 4.69) is 23.3 Å². The van der Waals surface area contributed by atoms with Crippen LogP contribution in [0, 0.1) is 11.3 Å². The molecule has 0 saturated heterocycles. The highest BCUT2D eigenvalue weighted by Crippen LogP contribution is 2.20. The molecular weight excluding hydrogens is 250 g/mol. The Bertz CT molecular complexity index is 432. The summed E-state index contributed by atoms with van der Waals surface area (Å²) in [5, 5.41) is 12.4. The van der Waals surface area contributed by atoms with Gasteiger partial charge in [-0.2, -0.15) is 5.26 Å². The zero-order valence-electron chi connectivity index (χ0n) is 12.9. The van der Waals surface area contributed by atoms with Crippen LogP contribution in [0.3, 0.4) is 0 Å². The molecule has 0 radical (unpaired) electrons. The Morgan fingerprint density at radius 1 is 1.35 bits per heavy atom. The minimum absolute atomic E-state index is 0.388. The number of benzene rings is 1. The molecule has 0 aliphatic rings. The van der Waals surface area contributed by atoms with E-state index < -0.39 is 0 Å². The van der Waals surface area contributed by atoms with Gasteiger partial charge in [0.1, 0.15) is 11.3 Å². The Balaban J connectivity index is 2.50. The van der Waals surface area contributed by atoms with Crippen LogP contribution in [0.5, 0.6) is 5.75 Å². The fraction of sp³-hybridized carbons (Fsp3) is 0.562. The second-order valence-electron chi connectivity index (χ2n) is 5.02. The third kappa shape index (κ3) is 4.14. The number of methoxy groups -OCH3 is 1. The maximum absolute atomic E-state index is 9.28. The van der Waals surface area contributed by atoms with Gasteiger partial charge in [0.15, 0.2) is 0 Å². The third-order valence-corrected chi connectivity index (χ3v) is 3.91. The largest absolute Gasteiger partial charge is 0.497 e. The average Bonchev–Trinajstić information content (AvgIpc) is 2.52. The molecule has 20 heavy (non-hydrogen) atoms. The fourth-order valence-electron chi connectivity index (χ4n) is 2.25. The smallest absolute Gasteiger partial charge is 0.119 e. The number of ether oxygens (including phenoxy) is 1. The zero-order valence-corrected chi connectivity index (χ0v) is 12.9. The fourth-order valence-corrected chi connectivity index (χ4v) is 2.25. The van der Waals surface area contributed by atoms with Crippen LogP contribution < -0.4 is 15.0 Å². The predicted octanol–water partition coefficient (Wildman–Crippen LogP) is 2.80. The van der Waals surface area contributed by atoms with Crippen LogP contribution in [-0.2, 0) is 0 Å². The summed E-state index contributed by atoms with van der Waals surface area (Å²) in [6.07, 6.45) is 2.66. The number of rotatable bonds is 8. The van der Waals surface area contributed by atoms with Crippen molar-refractivity contribution in [2.24, 2.45) is 0 Å². The molecular formula is C16H25N3O. The van der Waals surface area contributed by atoms with Gasteiger partial charge in [-0.3, -0.25) is 0 Å². The first-order valence-corrected chi connectivity index (χ1v) is 7.06. The quantitative estimate of drug-likeness (QED) is 0.792. The summed E-state index contributed by atoms with van der Waals surface area (Å²) in [6.45, 7) is 2.98. The van der Waals surface area contributed by atoms with E-state index in [4.69, 9.17) is 4.74 Å². The molecule has 110 valence electrons. The van der Waals surface area contributed by atoms with Gasteiger partial charge < -0.3 is 15.0 Å². The van der Waals surface area contributed by atoms with Gasteiger partial charge in [0, 0.05) is 19.3 Å². The highest BCUT2D eigenvalue weighted by Gasteiger charge is 2.24. The Morgan fingerprint density at radius 2 is 2.00 bits per heavy atom. The van der Waals surface area contributed by atoms with Crippen LogP contribution in [-0.4, -0.2) is 33.3 Å². The molecule has 4 heteroatoms. The first kappa shape index (κ1) is 16.3. The summed E-state index contributed by atoms with van der Waals surface area (Å²) >= 11 is 0. The lowest BCUT2D eigenvalue weighted by Gasteiger charge is -2.26. The van der Waals surface area contributed by atoms with E-state index in [9.17, 15) is 5.26 Å². The maximum Gasteiger partial charge on any atom is 0.119 e. The summed E-state index contributed by atoms with van der Waals surface area (Å²) in [6, 6.07) is 10.4. The lowest BCUT2D eigenvalue weighted by atomic mass is 9.92. The Morgan fingerprint density at radius 3 is 2.45 bits per heavy atom. The number of nitriles is 1. The van der Waals surface area contributed by atoms with Crippen molar-refractivity contribution < 1.29 is 4.74 Å². The second-order valence-corrected chi connectivity index (χ2v) is 5.02. The van der Waals surface area contributed by atoms with Crippen molar-refractivity contribution in [2.45, 2.75) is 31.7 Å². The third-order valence-electron chi connectivity index (χ3n) is 3.91. The molecule has 0 saturated carbocycles. The number of anilines is 1. The van der Waals surface area contributed by atoms with E-state index in [1.54, 1.807) is 7.11 Å². The highest BCUT2D eigenvalue weighted by atomic mass is 16.5. The monoisotopic (exact) mass is 275 g/mol. The van der Waals surface area contributed by atoms with Crippen LogP contribution in [0.15, 0.2) is 24.3 Å². The summed E-state index contributed by atoms with van der Waals surface area (Å²) in [7, 11) is 5.60. The minimum Gasteiger partial charge on any atom is -0.497 e. The van der Waals surface area contributed by atoms with Gasteiger partial charge in [-0.05, 0) is 50.6 Å². The highest BCUT2D eigenvalue weighted by molar-refractivity contribution is 5.48. The molecule has 1 atom stereocenters. The molecule has 4 nitrogen and oxygen atoms in total. The number of hydrogen-bond donors (Lipinski definition) is 1. The lowest BCUT2D eigenvalue weighted by molar-refractivity contribution is 0.393.